The molecule has 1 saturated carbocycles. The van der Waals surface area contributed by atoms with Gasteiger partial charge >= 0.3 is 12.4 Å². The van der Waals surface area contributed by atoms with E-state index in [0.29, 0.717) is 12.1 Å². The van der Waals surface area contributed by atoms with E-state index in [-0.39, 0.29) is 48.5 Å². The Bertz CT molecular complexity index is 1120. The molecule has 0 unspecified atom stereocenters. The van der Waals surface area contributed by atoms with E-state index in [1.165, 1.54) is 0 Å². The zero-order chi connectivity index (χ0) is 25.8. The van der Waals surface area contributed by atoms with Crippen molar-refractivity contribution in [2.75, 3.05) is 0 Å². The molecule has 1 fully saturated rings. The van der Waals surface area contributed by atoms with Crippen molar-refractivity contribution in [3.63, 3.8) is 0 Å². The number of alkyl halides is 6. The minimum atomic E-state index is -6.07. The van der Waals surface area contributed by atoms with Crippen LogP contribution in [0.2, 0.25) is 0 Å². The lowest BCUT2D eigenvalue weighted by atomic mass is 9.74. The van der Waals surface area contributed by atoms with Crippen LogP contribution in [-0.4, -0.2) is 31.4 Å². The van der Waals surface area contributed by atoms with Crippen LogP contribution in [0, 0.1) is 5.82 Å². The van der Waals surface area contributed by atoms with Gasteiger partial charge in [0, 0.05) is 11.1 Å². The van der Waals surface area contributed by atoms with Crippen LogP contribution >= 0.6 is 12.4 Å². The molecule has 3 N–H and O–H groups in total. The molecule has 0 saturated heterocycles. The van der Waals surface area contributed by atoms with Crippen LogP contribution in [0.4, 0.5) is 30.7 Å². The monoisotopic (exact) mass is 549 g/mol. The van der Waals surface area contributed by atoms with Crippen LogP contribution in [-0.2, 0) is 20.2 Å². The van der Waals surface area contributed by atoms with E-state index in [9.17, 15) is 44.3 Å². The van der Waals surface area contributed by atoms with Gasteiger partial charge in [-0.1, -0.05) is 24.3 Å². The van der Waals surface area contributed by atoms with Gasteiger partial charge in [-0.05, 0) is 62.4 Å². The first-order valence-electron chi connectivity index (χ1n) is 10.1. The topological polar surface area (TPSA) is 80.4 Å². The molecule has 2 aromatic carbocycles. The van der Waals surface area contributed by atoms with Gasteiger partial charge in [0.25, 0.3) is 5.60 Å². The Kier molecular flexibility index (Phi) is 7.72. The highest BCUT2D eigenvalue weighted by atomic mass is 35.5. The van der Waals surface area contributed by atoms with Crippen molar-refractivity contribution in [3.8, 4) is 0 Å². The molecule has 0 aliphatic heterocycles. The van der Waals surface area contributed by atoms with Crippen molar-refractivity contribution < 1.29 is 44.3 Å². The molecule has 3 rings (SSSR count). The van der Waals surface area contributed by atoms with Gasteiger partial charge in [-0.2, -0.15) is 26.3 Å². The molecule has 1 aliphatic rings. The average Bonchev–Trinajstić information content (AvgIpc) is 2.72. The summed E-state index contributed by atoms with van der Waals surface area (Å²) < 4.78 is 118. The Morgan fingerprint density at radius 2 is 1.26 bits per heavy atom. The van der Waals surface area contributed by atoms with Crippen molar-refractivity contribution >= 4 is 22.2 Å². The minimum Gasteiger partial charge on any atom is -0.369 e. The van der Waals surface area contributed by atoms with Crippen LogP contribution in [0.25, 0.3) is 0 Å². The molecule has 4 nitrogen and oxygen atoms in total. The van der Waals surface area contributed by atoms with Crippen molar-refractivity contribution in [2.24, 2.45) is 5.73 Å². The zero-order valence-electron chi connectivity index (χ0n) is 18.3. The SMILES string of the molecule is CC1(N)CCC(c2ccc(C(O)(C(F)(F)F)C(F)(F)F)cc2)(S(=O)(=O)c2ccc(F)cc2)CC1.Cl. The predicted molar refractivity (Wildman–Crippen MR) is 116 cm³/mol. The van der Waals surface area contributed by atoms with Crippen LogP contribution in [0.5, 0.6) is 0 Å². The van der Waals surface area contributed by atoms with Crippen LogP contribution in [0.15, 0.2) is 53.4 Å². The first-order valence-corrected chi connectivity index (χ1v) is 11.6. The predicted octanol–water partition coefficient (Wildman–Crippen LogP) is 5.52. The maximum absolute atomic E-state index is 13.7. The molecule has 196 valence electrons. The largest absolute Gasteiger partial charge is 0.430 e. The summed E-state index contributed by atoms with van der Waals surface area (Å²) in [5.74, 6) is -0.686. The first kappa shape index (κ1) is 29.3. The average molecular weight is 550 g/mol. The second-order valence-corrected chi connectivity index (χ2v) is 11.1. The van der Waals surface area contributed by atoms with Gasteiger partial charge in [-0.3, -0.25) is 0 Å². The van der Waals surface area contributed by atoms with E-state index in [2.05, 4.69) is 0 Å². The Labute approximate surface area is 203 Å². The van der Waals surface area contributed by atoms with Gasteiger partial charge in [0.1, 0.15) is 10.6 Å². The normalized spacial score (nSPS) is 24.1. The third-order valence-corrected chi connectivity index (χ3v) is 9.05. The number of aliphatic hydroxyl groups is 1. The molecule has 1 aliphatic carbocycles. The summed E-state index contributed by atoms with van der Waals surface area (Å²) >= 11 is 0. The third-order valence-electron chi connectivity index (χ3n) is 6.49. The standard InChI is InChI=1S/C22H22F7NO3S.ClH/c1-18(30)10-12-19(13-11-18,34(32,33)17-8-6-16(23)7-9-17)14-2-4-15(5-3-14)20(31,21(24,25)26)22(27,28)29;/h2-9,31H,10-13,30H2,1H3;1H. The van der Waals surface area contributed by atoms with Gasteiger partial charge in [0.2, 0.25) is 0 Å². The number of hydrogen-bond acceptors (Lipinski definition) is 4. The first-order chi connectivity index (χ1) is 15.4. The van der Waals surface area contributed by atoms with Gasteiger partial charge < -0.3 is 10.8 Å². The summed E-state index contributed by atoms with van der Waals surface area (Å²) in [5.41, 5.74) is -1.28. The van der Waals surface area contributed by atoms with E-state index in [1.807, 2.05) is 0 Å². The lowest BCUT2D eigenvalue weighted by Gasteiger charge is -2.43. The number of nitrogens with two attached hydrogens (primary N) is 1. The molecule has 0 aromatic heterocycles. The van der Waals surface area contributed by atoms with E-state index in [1.54, 1.807) is 6.92 Å². The summed E-state index contributed by atoms with van der Waals surface area (Å²) in [6.45, 7) is 1.71. The Morgan fingerprint density at radius 1 is 0.829 bits per heavy atom. The highest BCUT2D eigenvalue weighted by Crippen LogP contribution is 2.52. The second-order valence-electron chi connectivity index (χ2n) is 8.89. The highest BCUT2D eigenvalue weighted by Gasteiger charge is 2.71. The summed E-state index contributed by atoms with van der Waals surface area (Å²) in [6.07, 6.45) is -11.9. The second kappa shape index (κ2) is 9.20. The molecule has 0 heterocycles. The van der Waals surface area contributed by atoms with Crippen molar-refractivity contribution in [3.05, 3.63) is 65.5 Å². The summed E-state index contributed by atoms with van der Waals surface area (Å²) in [6, 6.07) is 6.50. The lowest BCUT2D eigenvalue weighted by molar-refractivity contribution is -0.376. The molecule has 35 heavy (non-hydrogen) atoms. The fraction of sp³-hybridized carbons (Fsp3) is 0.455. The number of hydrogen-bond donors (Lipinski definition) is 2. The van der Waals surface area contributed by atoms with E-state index < -0.39 is 49.5 Å². The zero-order valence-corrected chi connectivity index (χ0v) is 19.9. The van der Waals surface area contributed by atoms with Crippen molar-refractivity contribution in [2.45, 2.75) is 65.7 Å². The van der Waals surface area contributed by atoms with Gasteiger partial charge in [-0.25, -0.2) is 12.8 Å². The molecular formula is C22H23ClF7NO3S. The molecular weight excluding hydrogens is 527 g/mol. The number of benzene rings is 2. The fourth-order valence-corrected chi connectivity index (χ4v) is 6.41. The minimum absolute atomic E-state index is 0. The number of sulfone groups is 1. The van der Waals surface area contributed by atoms with E-state index >= 15 is 0 Å². The molecule has 0 amide bonds. The maximum Gasteiger partial charge on any atom is 0.430 e. The Hall–Kier alpha value is -1.89. The lowest BCUT2D eigenvalue weighted by Crippen LogP contribution is -2.54. The molecule has 0 bridgehead atoms. The molecule has 0 radical (unpaired) electrons. The van der Waals surface area contributed by atoms with Gasteiger partial charge in [-0.15, -0.1) is 12.4 Å². The molecule has 2 aromatic rings. The smallest absolute Gasteiger partial charge is 0.369 e. The van der Waals surface area contributed by atoms with Crippen molar-refractivity contribution in [1.29, 1.82) is 0 Å². The van der Waals surface area contributed by atoms with E-state index in [4.69, 9.17) is 5.73 Å². The van der Waals surface area contributed by atoms with Gasteiger partial charge in [0.15, 0.2) is 9.84 Å². The van der Waals surface area contributed by atoms with E-state index in [0.717, 1.165) is 36.4 Å². The summed E-state index contributed by atoms with van der Waals surface area (Å²) in [4.78, 5) is -0.249. The molecule has 13 heteroatoms. The maximum atomic E-state index is 13.7. The van der Waals surface area contributed by atoms with Gasteiger partial charge in [0.05, 0.1) is 4.90 Å². The summed E-state index contributed by atoms with van der Waals surface area (Å²) in [5, 5.41) is 9.63. The Morgan fingerprint density at radius 3 is 1.66 bits per heavy atom. The van der Waals surface area contributed by atoms with Crippen LogP contribution in [0.1, 0.15) is 43.7 Å². The Balaban J connectivity index is 0.00000432. The highest BCUT2D eigenvalue weighted by molar-refractivity contribution is 7.92. The number of rotatable bonds is 4. The molecule has 0 spiro atoms. The molecule has 0 atom stereocenters. The number of halogens is 8. The van der Waals surface area contributed by atoms with Crippen LogP contribution < -0.4 is 5.73 Å². The van der Waals surface area contributed by atoms with Crippen molar-refractivity contribution in [1.82, 2.24) is 0 Å². The quantitative estimate of drug-likeness (QED) is 0.389. The van der Waals surface area contributed by atoms with Crippen LogP contribution in [0.3, 0.4) is 0 Å². The summed E-state index contributed by atoms with van der Waals surface area (Å²) in [7, 11) is -4.28. The third kappa shape index (κ3) is 4.90. The fourth-order valence-electron chi connectivity index (χ4n) is 4.28.